The molecular formula is C10H19N3O5. The lowest BCUT2D eigenvalue weighted by Gasteiger charge is -2.22. The van der Waals surface area contributed by atoms with E-state index in [2.05, 4.69) is 5.32 Å². The molecule has 18 heavy (non-hydrogen) atoms. The molecule has 8 heteroatoms. The molecule has 0 radical (unpaired) electrons. The van der Waals surface area contributed by atoms with Crippen molar-refractivity contribution in [3.05, 3.63) is 0 Å². The molecule has 3 amide bonds. The lowest BCUT2D eigenvalue weighted by molar-refractivity contribution is -0.139. The Labute approximate surface area is 105 Å². The Bertz CT molecular complexity index is 319. The third-order valence-corrected chi connectivity index (χ3v) is 2.23. The first kappa shape index (κ1) is 16.2. The number of aliphatic hydroxyl groups is 1. The van der Waals surface area contributed by atoms with E-state index in [0.29, 0.717) is 0 Å². The molecule has 8 nitrogen and oxygen atoms in total. The van der Waals surface area contributed by atoms with Crippen molar-refractivity contribution in [3.8, 4) is 0 Å². The number of hydrogen-bond acceptors (Lipinski definition) is 4. The standard InChI is InChI=1S/C10H19N3O5/c1-12(2)8(15)6-13(3)10(18)11-7(4-5-14)9(16)17/h7,14H,4-6H2,1-3H3,(H,11,18)(H,16,17). The molecule has 0 bridgehead atoms. The van der Waals surface area contributed by atoms with Crippen LogP contribution >= 0.6 is 0 Å². The van der Waals surface area contributed by atoms with Gasteiger partial charge in [-0.25, -0.2) is 9.59 Å². The summed E-state index contributed by atoms with van der Waals surface area (Å²) < 4.78 is 0. The molecule has 0 aromatic heterocycles. The summed E-state index contributed by atoms with van der Waals surface area (Å²) in [5, 5.41) is 19.7. The van der Waals surface area contributed by atoms with Crippen molar-refractivity contribution in [1.82, 2.24) is 15.1 Å². The van der Waals surface area contributed by atoms with E-state index in [4.69, 9.17) is 10.2 Å². The number of carboxylic acid groups (broad SMARTS) is 1. The van der Waals surface area contributed by atoms with Crippen LogP contribution in [0.15, 0.2) is 0 Å². The van der Waals surface area contributed by atoms with Crippen LogP contribution in [-0.2, 0) is 9.59 Å². The van der Waals surface area contributed by atoms with Gasteiger partial charge in [0.15, 0.2) is 0 Å². The summed E-state index contributed by atoms with van der Waals surface area (Å²) in [4.78, 5) is 36.1. The van der Waals surface area contributed by atoms with Gasteiger partial charge >= 0.3 is 12.0 Å². The van der Waals surface area contributed by atoms with E-state index in [9.17, 15) is 14.4 Å². The van der Waals surface area contributed by atoms with E-state index in [-0.39, 0.29) is 25.5 Å². The van der Waals surface area contributed by atoms with Crippen LogP contribution in [0.4, 0.5) is 4.79 Å². The number of rotatable bonds is 6. The van der Waals surface area contributed by atoms with E-state index in [1.165, 1.54) is 11.9 Å². The zero-order valence-corrected chi connectivity index (χ0v) is 10.7. The van der Waals surface area contributed by atoms with Crippen molar-refractivity contribution in [2.24, 2.45) is 0 Å². The number of urea groups is 1. The zero-order valence-electron chi connectivity index (χ0n) is 10.7. The van der Waals surface area contributed by atoms with Crippen LogP contribution in [0, 0.1) is 0 Å². The van der Waals surface area contributed by atoms with Crippen LogP contribution < -0.4 is 5.32 Å². The normalized spacial score (nSPS) is 11.6. The van der Waals surface area contributed by atoms with E-state index < -0.39 is 18.0 Å². The van der Waals surface area contributed by atoms with Gasteiger partial charge in [-0.15, -0.1) is 0 Å². The van der Waals surface area contributed by atoms with Gasteiger partial charge in [-0.2, -0.15) is 0 Å². The highest BCUT2D eigenvalue weighted by Crippen LogP contribution is 1.95. The number of likely N-dealkylation sites (N-methyl/N-ethyl adjacent to an activating group) is 2. The average molecular weight is 261 g/mol. The molecule has 0 aromatic carbocycles. The Morgan fingerprint density at radius 2 is 1.78 bits per heavy atom. The van der Waals surface area contributed by atoms with Gasteiger partial charge < -0.3 is 25.3 Å². The van der Waals surface area contributed by atoms with Crippen LogP contribution in [0.1, 0.15) is 6.42 Å². The van der Waals surface area contributed by atoms with E-state index in [1.54, 1.807) is 14.1 Å². The molecule has 3 N–H and O–H groups in total. The molecule has 0 saturated heterocycles. The molecule has 104 valence electrons. The smallest absolute Gasteiger partial charge is 0.326 e. The minimum Gasteiger partial charge on any atom is -0.480 e. The Hall–Kier alpha value is -1.83. The molecule has 1 unspecified atom stereocenters. The number of carboxylic acids is 1. The second-order valence-electron chi connectivity index (χ2n) is 4.00. The summed E-state index contributed by atoms with van der Waals surface area (Å²) in [5.41, 5.74) is 0. The fourth-order valence-corrected chi connectivity index (χ4v) is 1.06. The van der Waals surface area contributed by atoms with Gasteiger partial charge in [0.25, 0.3) is 0 Å². The van der Waals surface area contributed by atoms with Crippen molar-refractivity contribution in [1.29, 1.82) is 0 Å². The molecule has 0 aliphatic heterocycles. The largest absolute Gasteiger partial charge is 0.480 e. The average Bonchev–Trinajstić information content (AvgIpc) is 2.27. The molecule has 1 atom stereocenters. The van der Waals surface area contributed by atoms with Gasteiger partial charge in [-0.3, -0.25) is 4.79 Å². The van der Waals surface area contributed by atoms with Crippen LogP contribution in [0.3, 0.4) is 0 Å². The molecule has 0 aliphatic rings. The van der Waals surface area contributed by atoms with Gasteiger partial charge in [0.05, 0.1) is 0 Å². The zero-order chi connectivity index (χ0) is 14.3. The van der Waals surface area contributed by atoms with Crippen molar-refractivity contribution < 1.29 is 24.6 Å². The summed E-state index contributed by atoms with van der Waals surface area (Å²) in [6, 6.07) is -1.84. The van der Waals surface area contributed by atoms with Gasteiger partial charge in [0.2, 0.25) is 5.91 Å². The number of nitrogens with zero attached hydrogens (tertiary/aromatic N) is 2. The molecule has 0 saturated carbocycles. The summed E-state index contributed by atoms with van der Waals surface area (Å²) in [7, 11) is 4.49. The minimum absolute atomic E-state index is 0.0868. The first-order chi connectivity index (χ1) is 8.29. The lowest BCUT2D eigenvalue weighted by Crippen LogP contribution is -2.49. The monoisotopic (exact) mass is 261 g/mol. The fraction of sp³-hybridized carbons (Fsp3) is 0.700. The van der Waals surface area contributed by atoms with E-state index >= 15 is 0 Å². The molecule has 0 aliphatic carbocycles. The van der Waals surface area contributed by atoms with Crippen LogP contribution in [0.25, 0.3) is 0 Å². The maximum Gasteiger partial charge on any atom is 0.326 e. The van der Waals surface area contributed by atoms with Gasteiger partial charge in [-0.1, -0.05) is 0 Å². The Balaban J connectivity index is 4.37. The maximum atomic E-state index is 11.6. The predicted molar refractivity (Wildman–Crippen MR) is 63.0 cm³/mol. The fourth-order valence-electron chi connectivity index (χ4n) is 1.06. The maximum absolute atomic E-state index is 11.6. The van der Waals surface area contributed by atoms with Crippen LogP contribution in [0.5, 0.6) is 0 Å². The SMILES string of the molecule is CN(C)C(=O)CN(C)C(=O)NC(CCO)C(=O)O. The molecule has 0 spiro atoms. The van der Waals surface area contributed by atoms with Crippen molar-refractivity contribution >= 4 is 17.9 Å². The minimum atomic E-state index is -1.23. The topological polar surface area (TPSA) is 110 Å². The third-order valence-electron chi connectivity index (χ3n) is 2.23. The number of hydrogen-bond donors (Lipinski definition) is 3. The first-order valence-corrected chi connectivity index (χ1v) is 5.35. The predicted octanol–water partition coefficient (Wildman–Crippen LogP) is -1.45. The second kappa shape index (κ2) is 7.49. The summed E-state index contributed by atoms with van der Waals surface area (Å²) in [5.74, 6) is -1.51. The number of carbonyl (C=O) groups is 3. The third kappa shape index (κ3) is 5.48. The first-order valence-electron chi connectivity index (χ1n) is 5.35. The van der Waals surface area contributed by atoms with Crippen LogP contribution in [-0.4, -0.2) is 78.3 Å². The van der Waals surface area contributed by atoms with Gasteiger partial charge in [0.1, 0.15) is 12.6 Å². The highest BCUT2D eigenvalue weighted by Gasteiger charge is 2.22. The second-order valence-corrected chi connectivity index (χ2v) is 4.00. The number of carbonyl (C=O) groups excluding carboxylic acids is 2. The van der Waals surface area contributed by atoms with Crippen molar-refractivity contribution in [3.63, 3.8) is 0 Å². The Kier molecular flexibility index (Phi) is 6.73. The Morgan fingerprint density at radius 3 is 2.17 bits per heavy atom. The quantitative estimate of drug-likeness (QED) is 0.542. The Morgan fingerprint density at radius 1 is 1.22 bits per heavy atom. The summed E-state index contributed by atoms with van der Waals surface area (Å²) >= 11 is 0. The molecule has 0 fully saturated rings. The highest BCUT2D eigenvalue weighted by molar-refractivity contribution is 5.86. The summed E-state index contributed by atoms with van der Waals surface area (Å²) in [6.07, 6.45) is -0.0868. The highest BCUT2D eigenvalue weighted by atomic mass is 16.4. The van der Waals surface area contributed by atoms with Gasteiger partial charge in [0, 0.05) is 34.2 Å². The van der Waals surface area contributed by atoms with Crippen molar-refractivity contribution in [2.45, 2.75) is 12.5 Å². The van der Waals surface area contributed by atoms with E-state index in [0.717, 1.165) is 4.90 Å². The number of aliphatic hydroxyl groups excluding tert-OH is 1. The molecule has 0 aromatic rings. The van der Waals surface area contributed by atoms with Gasteiger partial charge in [-0.05, 0) is 0 Å². The number of amides is 3. The lowest BCUT2D eigenvalue weighted by atomic mass is 10.2. The molecule has 0 rings (SSSR count). The van der Waals surface area contributed by atoms with E-state index in [1.807, 2.05) is 0 Å². The molecule has 0 heterocycles. The van der Waals surface area contributed by atoms with Crippen LogP contribution in [0.2, 0.25) is 0 Å². The number of nitrogens with one attached hydrogen (secondary N) is 1. The van der Waals surface area contributed by atoms with Crippen molar-refractivity contribution in [2.75, 3.05) is 34.3 Å². The molecular weight excluding hydrogens is 242 g/mol. The number of aliphatic carboxylic acids is 1. The summed E-state index contributed by atoms with van der Waals surface area (Å²) in [6.45, 7) is -0.498.